The topological polar surface area (TPSA) is 43.4 Å². The molecular weight excluding hydrogens is 228 g/mol. The van der Waals surface area contributed by atoms with Crippen LogP contribution in [-0.4, -0.2) is 11.8 Å². The van der Waals surface area contributed by atoms with Crippen LogP contribution in [0.4, 0.5) is 0 Å². The average Bonchev–Trinajstić information content (AvgIpc) is 2.37. The Balaban J connectivity index is 2.27. The number of ketones is 1. The lowest BCUT2D eigenvalue weighted by atomic mass is 9.70. The molecule has 0 amide bonds. The summed E-state index contributed by atoms with van der Waals surface area (Å²) >= 11 is 0. The fraction of sp³-hybridized carbons (Fsp3) is 0.467. The first-order chi connectivity index (χ1) is 8.55. The van der Waals surface area contributed by atoms with Gasteiger partial charge in [-0.15, -0.1) is 0 Å². The smallest absolute Gasteiger partial charge is 0.316 e. The van der Waals surface area contributed by atoms with Crippen molar-refractivity contribution in [1.82, 2.24) is 0 Å². The molecule has 0 bridgehead atoms. The largest absolute Gasteiger partial charge is 0.456 e. The van der Waals surface area contributed by atoms with Gasteiger partial charge in [0.2, 0.25) is 0 Å². The van der Waals surface area contributed by atoms with Crippen molar-refractivity contribution in [1.29, 1.82) is 0 Å². The second kappa shape index (κ2) is 4.56. The number of Topliss-reactive ketones (excluding diaryl/α,β-unsaturated/α-hetero) is 1. The molecule has 3 heteroatoms. The predicted molar refractivity (Wildman–Crippen MR) is 68.3 cm³/mol. The quantitative estimate of drug-likeness (QED) is 0.604. The molecule has 0 aromatic heterocycles. The van der Waals surface area contributed by atoms with E-state index >= 15 is 0 Å². The number of esters is 1. The van der Waals surface area contributed by atoms with Gasteiger partial charge >= 0.3 is 5.97 Å². The van der Waals surface area contributed by atoms with Gasteiger partial charge in [0.1, 0.15) is 11.5 Å². The van der Waals surface area contributed by atoms with Crippen LogP contribution in [0.2, 0.25) is 0 Å². The number of benzene rings is 1. The molecule has 3 nitrogen and oxygen atoms in total. The maximum absolute atomic E-state index is 11.7. The molecule has 1 aromatic carbocycles. The molecule has 1 aliphatic heterocycles. The van der Waals surface area contributed by atoms with E-state index in [9.17, 15) is 9.59 Å². The summed E-state index contributed by atoms with van der Waals surface area (Å²) < 4.78 is 5.30. The Morgan fingerprint density at radius 1 is 1.22 bits per heavy atom. The molecule has 18 heavy (non-hydrogen) atoms. The SMILES string of the molecule is CCC1(CC)C(=O)O[C@@H]1c1ccc(C(C)=O)cc1. The third kappa shape index (κ3) is 1.74. The summed E-state index contributed by atoms with van der Waals surface area (Å²) in [5.74, 6) is -0.0578. The van der Waals surface area contributed by atoms with Crippen molar-refractivity contribution in [3.05, 3.63) is 35.4 Å². The van der Waals surface area contributed by atoms with E-state index in [1.165, 1.54) is 0 Å². The predicted octanol–water partition coefficient (Wildman–Crippen LogP) is 3.29. The molecule has 1 saturated heterocycles. The van der Waals surface area contributed by atoms with Crippen LogP contribution >= 0.6 is 0 Å². The van der Waals surface area contributed by atoms with Crippen LogP contribution in [0.25, 0.3) is 0 Å². The van der Waals surface area contributed by atoms with Gasteiger partial charge < -0.3 is 4.74 Å². The lowest BCUT2D eigenvalue weighted by molar-refractivity contribution is -0.210. The van der Waals surface area contributed by atoms with Crippen LogP contribution in [0.5, 0.6) is 0 Å². The van der Waals surface area contributed by atoms with E-state index in [0.717, 1.165) is 18.4 Å². The molecule has 1 aromatic rings. The number of carbonyl (C=O) groups is 2. The van der Waals surface area contributed by atoms with Crippen molar-refractivity contribution in [3.8, 4) is 0 Å². The zero-order valence-electron chi connectivity index (χ0n) is 11.0. The lowest BCUT2D eigenvalue weighted by Crippen LogP contribution is -2.49. The zero-order valence-corrected chi connectivity index (χ0v) is 11.0. The van der Waals surface area contributed by atoms with Gasteiger partial charge in [0.15, 0.2) is 5.78 Å². The van der Waals surface area contributed by atoms with Gasteiger partial charge in [-0.2, -0.15) is 0 Å². The van der Waals surface area contributed by atoms with Crippen molar-refractivity contribution in [3.63, 3.8) is 0 Å². The number of carbonyl (C=O) groups excluding carboxylic acids is 2. The summed E-state index contributed by atoms with van der Waals surface area (Å²) in [4.78, 5) is 22.9. The lowest BCUT2D eigenvalue weighted by Gasteiger charge is -2.46. The Labute approximate surface area is 107 Å². The normalized spacial score (nSPS) is 21.1. The van der Waals surface area contributed by atoms with Crippen molar-refractivity contribution in [2.45, 2.75) is 39.7 Å². The number of cyclic esters (lactones) is 1. The first-order valence-electron chi connectivity index (χ1n) is 6.37. The van der Waals surface area contributed by atoms with Crippen LogP contribution in [0.15, 0.2) is 24.3 Å². The highest BCUT2D eigenvalue weighted by Crippen LogP contribution is 2.52. The Morgan fingerprint density at radius 2 is 1.78 bits per heavy atom. The molecule has 0 unspecified atom stereocenters. The summed E-state index contributed by atoms with van der Waals surface area (Å²) in [7, 11) is 0. The summed E-state index contributed by atoms with van der Waals surface area (Å²) in [6.45, 7) is 5.57. The van der Waals surface area contributed by atoms with Gasteiger partial charge in [-0.1, -0.05) is 38.1 Å². The van der Waals surface area contributed by atoms with Gasteiger partial charge in [-0.25, -0.2) is 0 Å². The monoisotopic (exact) mass is 246 g/mol. The fourth-order valence-electron chi connectivity index (χ4n) is 2.58. The van der Waals surface area contributed by atoms with E-state index in [1.807, 2.05) is 26.0 Å². The van der Waals surface area contributed by atoms with Gasteiger partial charge in [0, 0.05) is 5.56 Å². The molecule has 1 aliphatic rings. The number of ether oxygens (including phenoxy) is 1. The summed E-state index contributed by atoms with van der Waals surface area (Å²) in [5.41, 5.74) is 1.28. The Bertz CT molecular complexity index is 469. The van der Waals surface area contributed by atoms with Crippen molar-refractivity contribution in [2.75, 3.05) is 0 Å². The Hall–Kier alpha value is -1.64. The Morgan fingerprint density at radius 3 is 2.17 bits per heavy atom. The summed E-state index contributed by atoms with van der Waals surface area (Å²) in [5, 5.41) is 0. The maximum Gasteiger partial charge on any atom is 0.316 e. The van der Waals surface area contributed by atoms with Crippen LogP contribution < -0.4 is 0 Å². The van der Waals surface area contributed by atoms with Crippen LogP contribution in [0, 0.1) is 5.41 Å². The van der Waals surface area contributed by atoms with Crippen LogP contribution in [0.3, 0.4) is 0 Å². The number of hydrogen-bond acceptors (Lipinski definition) is 3. The zero-order chi connectivity index (χ0) is 13.3. The van der Waals surface area contributed by atoms with Gasteiger partial charge in [-0.3, -0.25) is 9.59 Å². The molecule has 1 heterocycles. The van der Waals surface area contributed by atoms with Crippen molar-refractivity contribution in [2.24, 2.45) is 5.41 Å². The van der Waals surface area contributed by atoms with Crippen LogP contribution in [-0.2, 0) is 9.53 Å². The molecule has 1 fully saturated rings. The average molecular weight is 246 g/mol. The first-order valence-corrected chi connectivity index (χ1v) is 6.37. The molecule has 0 N–H and O–H groups in total. The van der Waals surface area contributed by atoms with Gasteiger partial charge in [-0.05, 0) is 25.3 Å². The van der Waals surface area contributed by atoms with E-state index in [-0.39, 0.29) is 23.3 Å². The molecule has 0 spiro atoms. The standard InChI is InChI=1S/C15H18O3/c1-4-15(5-2)13(18-14(15)17)12-8-6-11(7-9-12)10(3)16/h6-9,13H,4-5H2,1-3H3/t13-/m1/s1. The van der Waals surface area contributed by atoms with E-state index in [2.05, 4.69) is 0 Å². The maximum atomic E-state index is 11.7. The highest BCUT2D eigenvalue weighted by atomic mass is 16.6. The second-order valence-corrected chi connectivity index (χ2v) is 4.83. The Kier molecular flexibility index (Phi) is 3.24. The first kappa shape index (κ1) is 12.8. The van der Waals surface area contributed by atoms with E-state index in [0.29, 0.717) is 5.56 Å². The number of rotatable bonds is 4. The third-order valence-electron chi connectivity index (χ3n) is 4.02. The molecule has 96 valence electrons. The highest BCUT2D eigenvalue weighted by Gasteiger charge is 2.55. The molecule has 1 atom stereocenters. The minimum Gasteiger partial charge on any atom is -0.456 e. The molecule has 0 aliphatic carbocycles. The van der Waals surface area contributed by atoms with E-state index in [1.54, 1.807) is 19.1 Å². The number of hydrogen-bond donors (Lipinski definition) is 0. The fourth-order valence-corrected chi connectivity index (χ4v) is 2.58. The van der Waals surface area contributed by atoms with Gasteiger partial charge in [0.25, 0.3) is 0 Å². The summed E-state index contributed by atoms with van der Waals surface area (Å²) in [6.07, 6.45) is 1.39. The molecular formula is C15H18O3. The van der Waals surface area contributed by atoms with Crippen molar-refractivity contribution < 1.29 is 14.3 Å². The second-order valence-electron chi connectivity index (χ2n) is 4.83. The minimum absolute atomic E-state index is 0.0457. The molecule has 2 rings (SSSR count). The van der Waals surface area contributed by atoms with Crippen LogP contribution in [0.1, 0.15) is 55.6 Å². The van der Waals surface area contributed by atoms with E-state index in [4.69, 9.17) is 4.74 Å². The van der Waals surface area contributed by atoms with Crippen molar-refractivity contribution >= 4 is 11.8 Å². The minimum atomic E-state index is -0.377. The molecule has 0 radical (unpaired) electrons. The molecule has 0 saturated carbocycles. The third-order valence-corrected chi connectivity index (χ3v) is 4.02. The van der Waals surface area contributed by atoms with Gasteiger partial charge in [0.05, 0.1) is 0 Å². The van der Waals surface area contributed by atoms with E-state index < -0.39 is 0 Å². The summed E-state index contributed by atoms with van der Waals surface area (Å²) in [6, 6.07) is 7.35. The highest BCUT2D eigenvalue weighted by molar-refractivity contribution is 5.94.